The fraction of sp³-hybridized carbons (Fsp3) is 0.591. The lowest BCUT2D eigenvalue weighted by Gasteiger charge is -2.26. The number of hydrogen-bond donors (Lipinski definition) is 3. The van der Waals surface area contributed by atoms with Crippen molar-refractivity contribution in [1.29, 1.82) is 0 Å². The normalized spacial score (nSPS) is 30.3. The summed E-state index contributed by atoms with van der Waals surface area (Å²) < 4.78 is 0. The maximum absolute atomic E-state index is 7.13. The van der Waals surface area contributed by atoms with Crippen molar-refractivity contribution in [2.24, 2.45) is 29.4 Å². The van der Waals surface area contributed by atoms with Gasteiger partial charge < -0.3 is 15.7 Å². The topological polar surface area (TPSA) is 57.6 Å². The molecule has 3 heterocycles. The zero-order chi connectivity index (χ0) is 31.8. The van der Waals surface area contributed by atoms with E-state index in [0.717, 1.165) is 18.5 Å². The molecule has 4 aliphatic carbocycles. The molecule has 3 heteroatoms. The van der Waals surface area contributed by atoms with Gasteiger partial charge in [-0.1, -0.05) is 101 Å². The lowest BCUT2D eigenvalue weighted by Crippen LogP contribution is -2.22. The Morgan fingerprint density at radius 3 is 1.55 bits per heavy atom. The van der Waals surface area contributed by atoms with E-state index in [0.29, 0.717) is 23.7 Å². The second-order valence-corrected chi connectivity index (χ2v) is 15.7. The lowest BCUT2D eigenvalue weighted by molar-refractivity contribution is 0.422. The van der Waals surface area contributed by atoms with Crippen molar-refractivity contribution in [3.8, 4) is 0 Å². The van der Waals surface area contributed by atoms with Gasteiger partial charge in [0.05, 0.1) is 0 Å². The first kappa shape index (κ1) is 32.6. The summed E-state index contributed by atoms with van der Waals surface area (Å²) in [6.45, 7) is 0. The van der Waals surface area contributed by atoms with Crippen LogP contribution in [0.25, 0.3) is 22.3 Å². The molecule has 7 rings (SSSR count). The number of nitrogens with one attached hydrogen (secondary N) is 2. The summed E-state index contributed by atoms with van der Waals surface area (Å²) in [5.41, 5.74) is 16.7. The van der Waals surface area contributed by atoms with Crippen LogP contribution in [0.4, 0.5) is 0 Å². The van der Waals surface area contributed by atoms with Crippen LogP contribution in [0.3, 0.4) is 0 Å². The third-order valence-corrected chi connectivity index (χ3v) is 12.6. The molecule has 2 aromatic heterocycles. The van der Waals surface area contributed by atoms with Crippen LogP contribution in [0.15, 0.2) is 60.3 Å². The van der Waals surface area contributed by atoms with E-state index in [-0.39, 0.29) is 0 Å². The van der Waals surface area contributed by atoms with Gasteiger partial charge in [0, 0.05) is 33.4 Å². The van der Waals surface area contributed by atoms with E-state index in [1.54, 1.807) is 11.1 Å². The number of nitrogens with two attached hydrogens (primary N) is 1. The predicted molar refractivity (Wildman–Crippen MR) is 201 cm³/mol. The number of H-pyrrole nitrogens is 2. The number of allylic oxidation sites excluding steroid dienone is 7. The third-order valence-electron chi connectivity index (χ3n) is 12.6. The van der Waals surface area contributed by atoms with E-state index in [1.165, 1.54) is 162 Å². The van der Waals surface area contributed by atoms with Gasteiger partial charge in [0.2, 0.25) is 0 Å². The van der Waals surface area contributed by atoms with Crippen molar-refractivity contribution < 1.29 is 0 Å². The van der Waals surface area contributed by atoms with Gasteiger partial charge in [-0.15, -0.1) is 0 Å². The fourth-order valence-corrected chi connectivity index (χ4v) is 10.0. The molecule has 5 aliphatic rings. The van der Waals surface area contributed by atoms with E-state index < -0.39 is 0 Å². The first-order valence-electron chi connectivity index (χ1n) is 19.9. The smallest absolute Gasteiger partial charge is 0.0441 e. The molecular weight excluding hydrogens is 571 g/mol. The minimum absolute atomic E-state index is 0.536. The van der Waals surface area contributed by atoms with Crippen LogP contribution >= 0.6 is 0 Å². The van der Waals surface area contributed by atoms with Gasteiger partial charge in [0.15, 0.2) is 0 Å². The number of fused-ring (bicyclic) bond motifs is 4. The highest BCUT2D eigenvalue weighted by molar-refractivity contribution is 5.74. The number of rotatable bonds is 4. The Morgan fingerprint density at radius 2 is 0.979 bits per heavy atom. The third kappa shape index (κ3) is 7.87. The summed E-state index contributed by atoms with van der Waals surface area (Å²) in [7, 11) is 0. The Bertz CT molecular complexity index is 1560. The van der Waals surface area contributed by atoms with E-state index in [2.05, 4.69) is 64.6 Å². The molecule has 0 spiro atoms. The standard InChI is InChI=1S/C44H61N3/c45-39-27-15-26-38(34-20-9-3-10-21-34)41-29-28-40(46-41)36(32-16-5-1-6-17-32)24-13-14-25-37(33-18-7-2-8-19-33)42-30-31-43(47-42)44(39)35-22-11-4-12-23-35/h13-15,25,27-35,46-47H,1-12,16-24,26,45H2/b14-13-,27-15-,37-25+,40-36+,41-38+,44-39-. The number of hydrogen-bond acceptors (Lipinski definition) is 1. The Morgan fingerprint density at radius 1 is 0.489 bits per heavy atom. The molecule has 3 nitrogen and oxygen atoms in total. The van der Waals surface area contributed by atoms with Gasteiger partial charge in [-0.25, -0.2) is 0 Å². The summed E-state index contributed by atoms with van der Waals surface area (Å²) in [5, 5.41) is 2.76. The van der Waals surface area contributed by atoms with E-state index in [9.17, 15) is 0 Å². The zero-order valence-electron chi connectivity index (χ0n) is 29.1. The molecule has 4 saturated carbocycles. The second-order valence-electron chi connectivity index (χ2n) is 15.7. The molecule has 4 N–H and O–H groups in total. The molecule has 0 saturated heterocycles. The molecule has 4 fully saturated rings. The molecule has 0 aromatic carbocycles. The summed E-state index contributed by atoms with van der Waals surface area (Å²) in [5.74, 6) is 2.53. The maximum atomic E-state index is 7.13. The Balaban J connectivity index is 1.36. The van der Waals surface area contributed by atoms with E-state index in [1.807, 2.05) is 0 Å². The summed E-state index contributed by atoms with van der Waals surface area (Å²) in [4.78, 5) is 8.01. The van der Waals surface area contributed by atoms with Crippen molar-refractivity contribution in [2.75, 3.05) is 0 Å². The Kier molecular flexibility index (Phi) is 11.1. The van der Waals surface area contributed by atoms with Gasteiger partial charge in [-0.3, -0.25) is 0 Å². The fourth-order valence-electron chi connectivity index (χ4n) is 10.0. The summed E-state index contributed by atoms with van der Waals surface area (Å²) in [6.07, 6.45) is 40.7. The first-order valence-corrected chi connectivity index (χ1v) is 19.9. The molecule has 0 atom stereocenters. The van der Waals surface area contributed by atoms with Gasteiger partial charge in [-0.05, 0) is 135 Å². The maximum Gasteiger partial charge on any atom is 0.0441 e. The van der Waals surface area contributed by atoms with E-state index >= 15 is 0 Å². The van der Waals surface area contributed by atoms with Crippen LogP contribution < -0.4 is 16.4 Å². The number of aromatic amines is 2. The Hall–Kier alpha value is -2.94. The van der Waals surface area contributed by atoms with E-state index in [4.69, 9.17) is 5.73 Å². The molecule has 252 valence electrons. The van der Waals surface area contributed by atoms with Crippen molar-refractivity contribution in [2.45, 2.75) is 141 Å². The number of aromatic nitrogens is 2. The minimum Gasteiger partial charge on any atom is -0.398 e. The molecule has 2 aromatic rings. The van der Waals surface area contributed by atoms with Crippen molar-refractivity contribution in [3.63, 3.8) is 0 Å². The van der Waals surface area contributed by atoms with Crippen LogP contribution in [-0.4, -0.2) is 9.97 Å². The molecule has 0 amide bonds. The van der Waals surface area contributed by atoms with Crippen LogP contribution in [-0.2, 0) is 0 Å². The predicted octanol–water partition coefficient (Wildman–Crippen LogP) is 10.6. The lowest BCUT2D eigenvalue weighted by atomic mass is 9.81. The highest BCUT2D eigenvalue weighted by atomic mass is 14.7. The van der Waals surface area contributed by atoms with Gasteiger partial charge in [0.1, 0.15) is 0 Å². The largest absolute Gasteiger partial charge is 0.398 e. The summed E-state index contributed by atoms with van der Waals surface area (Å²) in [6, 6.07) is 9.56. The molecule has 47 heavy (non-hydrogen) atoms. The average Bonchev–Trinajstić information content (AvgIpc) is 3.81. The summed E-state index contributed by atoms with van der Waals surface area (Å²) >= 11 is 0. The zero-order valence-corrected chi connectivity index (χ0v) is 29.1. The van der Waals surface area contributed by atoms with Gasteiger partial charge in [-0.2, -0.15) is 0 Å². The quantitative estimate of drug-likeness (QED) is 0.309. The van der Waals surface area contributed by atoms with Gasteiger partial charge >= 0.3 is 0 Å². The van der Waals surface area contributed by atoms with Crippen LogP contribution in [0, 0.1) is 23.7 Å². The first-order chi connectivity index (χ1) is 23.2. The van der Waals surface area contributed by atoms with Gasteiger partial charge in [0.25, 0.3) is 0 Å². The molecule has 4 bridgehead atoms. The molecule has 1 aliphatic heterocycles. The minimum atomic E-state index is 0.536. The second kappa shape index (κ2) is 16.0. The monoisotopic (exact) mass is 631 g/mol. The van der Waals surface area contributed by atoms with Crippen LogP contribution in [0.2, 0.25) is 0 Å². The molecule has 0 radical (unpaired) electrons. The SMILES string of the molecule is NC1=C(/C2CCCCC2)c2ccc([nH]2)/C(C2CCCCC2)=C/C=C\C/C(C2CCCCC2)=c2/cc/c([nH]2)=C(\C2CCCCC2)C/C=C\1. The molecule has 0 unspecified atom stereocenters. The van der Waals surface area contributed by atoms with Crippen LogP contribution in [0.1, 0.15) is 153 Å². The average molecular weight is 632 g/mol. The highest BCUT2D eigenvalue weighted by Gasteiger charge is 2.25. The van der Waals surface area contributed by atoms with Crippen molar-refractivity contribution in [1.82, 2.24) is 9.97 Å². The van der Waals surface area contributed by atoms with Crippen LogP contribution in [0.5, 0.6) is 0 Å². The Labute approximate surface area is 284 Å². The van der Waals surface area contributed by atoms with Crippen molar-refractivity contribution >= 4 is 22.3 Å². The van der Waals surface area contributed by atoms with Crippen molar-refractivity contribution in [3.05, 3.63) is 82.4 Å². The molecular formula is C44H61N3. The highest BCUT2D eigenvalue weighted by Crippen LogP contribution is 2.40.